The van der Waals surface area contributed by atoms with Crippen LogP contribution in [0.25, 0.3) is 10.8 Å². The third kappa shape index (κ3) is 7.26. The van der Waals surface area contributed by atoms with Crippen LogP contribution in [0.2, 0.25) is 0 Å². The van der Waals surface area contributed by atoms with Crippen LogP contribution in [0.3, 0.4) is 0 Å². The monoisotopic (exact) mass is 572 g/mol. The molecule has 0 spiro atoms. The molecule has 0 aromatic heterocycles. The summed E-state index contributed by atoms with van der Waals surface area (Å²) >= 11 is 0. The molecule has 1 aliphatic rings. The van der Waals surface area contributed by atoms with Gasteiger partial charge in [0.05, 0.1) is 29.2 Å². The second-order valence-corrected chi connectivity index (χ2v) is 11.7. The standard InChI is InChI=1S/C28H33FN4O6S/c1-28(2,19-29)26(34)30-20-9-11-21(12-10-20)32-40(36,37)25-8-4-5-22-23(25)6-3-7-24(22)31-27(35)39-18-15-33-13-16-38-17-14-33/h3-12,32H,13-19H2,1-2H3,(H,30,34)(H,31,35). The first-order chi connectivity index (χ1) is 19.1. The van der Waals surface area contributed by atoms with Crippen LogP contribution >= 0.6 is 0 Å². The van der Waals surface area contributed by atoms with Crippen LogP contribution in [0.15, 0.2) is 65.6 Å². The Hall–Kier alpha value is -3.74. The number of anilines is 3. The molecule has 1 saturated heterocycles. The van der Waals surface area contributed by atoms with Crippen molar-refractivity contribution in [3.8, 4) is 0 Å². The molecule has 0 radical (unpaired) electrons. The maximum absolute atomic E-state index is 13.3. The van der Waals surface area contributed by atoms with E-state index in [1.54, 1.807) is 30.3 Å². The van der Waals surface area contributed by atoms with Crippen molar-refractivity contribution in [2.24, 2.45) is 5.41 Å². The lowest BCUT2D eigenvalue weighted by atomic mass is 9.94. The number of amides is 2. The number of rotatable bonds is 10. The van der Waals surface area contributed by atoms with Crippen LogP contribution < -0.4 is 15.4 Å². The van der Waals surface area contributed by atoms with E-state index < -0.39 is 34.1 Å². The fourth-order valence-corrected chi connectivity index (χ4v) is 5.34. The average Bonchev–Trinajstić information content (AvgIpc) is 2.94. The van der Waals surface area contributed by atoms with Gasteiger partial charge in [-0.15, -0.1) is 0 Å². The summed E-state index contributed by atoms with van der Waals surface area (Å²) in [5, 5.41) is 6.28. The zero-order chi connectivity index (χ0) is 28.8. The Morgan fingerprint density at radius 2 is 1.60 bits per heavy atom. The predicted molar refractivity (Wildman–Crippen MR) is 152 cm³/mol. The molecule has 40 heavy (non-hydrogen) atoms. The van der Waals surface area contributed by atoms with Crippen molar-refractivity contribution in [2.75, 3.05) is 61.5 Å². The molecule has 214 valence electrons. The first-order valence-corrected chi connectivity index (χ1v) is 14.3. The summed E-state index contributed by atoms with van der Waals surface area (Å²) in [6, 6.07) is 15.8. The lowest BCUT2D eigenvalue weighted by Gasteiger charge is -2.26. The molecular weight excluding hydrogens is 539 g/mol. The van der Waals surface area contributed by atoms with Gasteiger partial charge in [0.2, 0.25) is 5.91 Å². The second kappa shape index (κ2) is 12.6. The van der Waals surface area contributed by atoms with Gasteiger partial charge < -0.3 is 14.8 Å². The summed E-state index contributed by atoms with van der Waals surface area (Å²) in [6.07, 6.45) is -0.630. The Morgan fingerprint density at radius 1 is 0.950 bits per heavy atom. The zero-order valence-corrected chi connectivity index (χ0v) is 23.2. The highest BCUT2D eigenvalue weighted by Gasteiger charge is 2.27. The normalized spacial score (nSPS) is 14.5. The molecule has 2 amide bonds. The summed E-state index contributed by atoms with van der Waals surface area (Å²) < 4.78 is 52.9. The number of benzene rings is 3. The number of fused-ring (bicyclic) bond motifs is 1. The lowest BCUT2D eigenvalue weighted by Crippen LogP contribution is -2.38. The first-order valence-electron chi connectivity index (χ1n) is 12.8. The summed E-state index contributed by atoms with van der Waals surface area (Å²) in [4.78, 5) is 26.8. The summed E-state index contributed by atoms with van der Waals surface area (Å²) in [5.74, 6) is -0.482. The van der Waals surface area contributed by atoms with Gasteiger partial charge in [0.25, 0.3) is 10.0 Å². The number of nitrogens with zero attached hydrogens (tertiary/aromatic N) is 1. The Bertz CT molecular complexity index is 1460. The van der Waals surface area contributed by atoms with Crippen LogP contribution in [0.5, 0.6) is 0 Å². The van der Waals surface area contributed by atoms with E-state index in [-0.39, 0.29) is 17.2 Å². The van der Waals surface area contributed by atoms with Gasteiger partial charge in [-0.3, -0.25) is 19.7 Å². The minimum absolute atomic E-state index is 0.0245. The largest absolute Gasteiger partial charge is 0.448 e. The molecule has 0 atom stereocenters. The van der Waals surface area contributed by atoms with E-state index in [9.17, 15) is 22.4 Å². The van der Waals surface area contributed by atoms with Crippen LogP contribution in [0.4, 0.5) is 26.2 Å². The van der Waals surface area contributed by atoms with Gasteiger partial charge in [-0.25, -0.2) is 17.6 Å². The summed E-state index contributed by atoms with van der Waals surface area (Å²) in [7, 11) is -4.02. The first kappa shape index (κ1) is 29.2. The number of nitrogens with one attached hydrogen (secondary N) is 3. The molecule has 3 aromatic carbocycles. The molecule has 0 saturated carbocycles. The van der Waals surface area contributed by atoms with Crippen molar-refractivity contribution in [2.45, 2.75) is 18.7 Å². The Morgan fingerprint density at radius 3 is 2.30 bits per heavy atom. The fourth-order valence-electron chi connectivity index (χ4n) is 4.06. The van der Waals surface area contributed by atoms with Gasteiger partial charge in [-0.1, -0.05) is 24.3 Å². The third-order valence-electron chi connectivity index (χ3n) is 6.50. The van der Waals surface area contributed by atoms with Gasteiger partial charge in [0.1, 0.15) is 13.3 Å². The number of carbonyl (C=O) groups excluding carboxylic acids is 2. The fraction of sp³-hybridized carbons (Fsp3) is 0.357. The van der Waals surface area contributed by atoms with Crippen molar-refractivity contribution in [1.82, 2.24) is 4.90 Å². The third-order valence-corrected chi connectivity index (χ3v) is 7.94. The highest BCUT2D eigenvalue weighted by Crippen LogP contribution is 2.30. The predicted octanol–water partition coefficient (Wildman–Crippen LogP) is 4.46. The van der Waals surface area contributed by atoms with E-state index in [0.29, 0.717) is 41.9 Å². The maximum Gasteiger partial charge on any atom is 0.411 e. The Kier molecular flexibility index (Phi) is 9.23. The number of hydrogen-bond donors (Lipinski definition) is 3. The van der Waals surface area contributed by atoms with Gasteiger partial charge in [-0.05, 0) is 50.2 Å². The molecule has 3 aromatic rings. The van der Waals surface area contributed by atoms with Crippen molar-refractivity contribution in [1.29, 1.82) is 0 Å². The maximum atomic E-state index is 13.3. The Labute approximate surface area is 232 Å². The highest BCUT2D eigenvalue weighted by atomic mass is 32.2. The number of halogens is 1. The lowest BCUT2D eigenvalue weighted by molar-refractivity contribution is -0.124. The number of morpholine rings is 1. The molecule has 4 rings (SSSR count). The van der Waals surface area contributed by atoms with E-state index >= 15 is 0 Å². The van der Waals surface area contributed by atoms with Gasteiger partial charge in [0.15, 0.2) is 0 Å². The van der Waals surface area contributed by atoms with E-state index in [1.165, 1.54) is 44.2 Å². The Balaban J connectivity index is 1.44. The van der Waals surface area contributed by atoms with Crippen LogP contribution in [-0.2, 0) is 24.3 Å². The van der Waals surface area contributed by atoms with Gasteiger partial charge in [0, 0.05) is 41.8 Å². The van der Waals surface area contributed by atoms with Gasteiger partial charge >= 0.3 is 6.09 Å². The van der Waals surface area contributed by atoms with Crippen molar-refractivity contribution in [3.05, 3.63) is 60.7 Å². The van der Waals surface area contributed by atoms with Crippen molar-refractivity contribution >= 4 is 49.9 Å². The van der Waals surface area contributed by atoms with E-state index in [4.69, 9.17) is 9.47 Å². The number of sulfonamides is 1. The smallest absolute Gasteiger partial charge is 0.411 e. The van der Waals surface area contributed by atoms with E-state index in [1.807, 2.05) is 0 Å². The SMILES string of the molecule is CC(C)(CF)C(=O)Nc1ccc(NS(=O)(=O)c2cccc3c(NC(=O)OCCN4CCOCC4)cccc23)cc1. The zero-order valence-electron chi connectivity index (χ0n) is 22.4. The number of carbonyl (C=O) groups is 2. The second-order valence-electron chi connectivity index (χ2n) is 10.0. The molecule has 10 nitrogen and oxygen atoms in total. The molecule has 0 unspecified atom stereocenters. The average molecular weight is 573 g/mol. The number of ether oxygens (including phenoxy) is 2. The van der Waals surface area contributed by atoms with E-state index in [2.05, 4.69) is 20.3 Å². The summed E-state index contributed by atoms with van der Waals surface area (Å²) in [5.41, 5.74) is -0.0746. The molecular formula is C28H33FN4O6S. The molecule has 0 bridgehead atoms. The quantitative estimate of drug-likeness (QED) is 0.328. The van der Waals surface area contributed by atoms with Crippen LogP contribution in [-0.4, -0.2) is 71.4 Å². The minimum atomic E-state index is -4.02. The van der Waals surface area contributed by atoms with Gasteiger partial charge in [-0.2, -0.15) is 0 Å². The molecule has 12 heteroatoms. The van der Waals surface area contributed by atoms with Crippen molar-refractivity contribution < 1.29 is 31.9 Å². The van der Waals surface area contributed by atoms with Crippen LogP contribution in [0, 0.1) is 5.41 Å². The van der Waals surface area contributed by atoms with Crippen molar-refractivity contribution in [3.63, 3.8) is 0 Å². The highest BCUT2D eigenvalue weighted by molar-refractivity contribution is 7.93. The van der Waals surface area contributed by atoms with Crippen LogP contribution in [0.1, 0.15) is 13.8 Å². The molecule has 1 heterocycles. The topological polar surface area (TPSA) is 126 Å². The molecule has 0 aliphatic carbocycles. The molecule has 1 aliphatic heterocycles. The molecule has 3 N–H and O–H groups in total. The number of hydrogen-bond acceptors (Lipinski definition) is 7. The minimum Gasteiger partial charge on any atom is -0.448 e. The van der Waals surface area contributed by atoms with E-state index in [0.717, 1.165) is 13.1 Å². The molecule has 1 fully saturated rings. The number of alkyl halides is 1. The summed E-state index contributed by atoms with van der Waals surface area (Å²) in [6.45, 7) is 5.89.